The predicted molar refractivity (Wildman–Crippen MR) is 96.5 cm³/mol. The minimum atomic E-state index is -0.0668. The lowest BCUT2D eigenvalue weighted by Crippen LogP contribution is -2.41. The minimum absolute atomic E-state index is 0.0668. The number of amides is 1. The van der Waals surface area contributed by atoms with E-state index in [1.165, 1.54) is 0 Å². The average molecular weight is 360 g/mol. The van der Waals surface area contributed by atoms with Gasteiger partial charge in [-0.15, -0.1) is 0 Å². The van der Waals surface area contributed by atoms with Gasteiger partial charge in [-0.2, -0.15) is 10.2 Å². The molecule has 2 aromatic rings. The molecule has 26 heavy (non-hydrogen) atoms. The van der Waals surface area contributed by atoms with E-state index in [0.29, 0.717) is 26.2 Å². The molecule has 1 atom stereocenters. The van der Waals surface area contributed by atoms with Crippen LogP contribution in [0.5, 0.6) is 0 Å². The number of fused-ring (bicyclic) bond motifs is 1. The molecule has 8 heteroatoms. The summed E-state index contributed by atoms with van der Waals surface area (Å²) in [6, 6.07) is 0. The van der Waals surface area contributed by atoms with Crippen LogP contribution in [-0.4, -0.2) is 55.6 Å². The molecule has 1 aliphatic rings. The Morgan fingerprint density at radius 1 is 1.42 bits per heavy atom. The molecular weight excluding hydrogens is 332 g/mol. The van der Waals surface area contributed by atoms with Gasteiger partial charge in [-0.1, -0.05) is 0 Å². The van der Waals surface area contributed by atoms with Crippen LogP contribution in [0, 0.1) is 19.8 Å². The summed E-state index contributed by atoms with van der Waals surface area (Å²) in [5, 5.41) is 8.82. The standard InChI is InChI=1S/C18H28N6O2/c1-5-23-14(3)16(13(2)21-23)11-22(8-9-26-4)18(25)15-6-7-17-19-12-20-24(17)10-15/h12,15H,5-11H2,1-4H3. The average Bonchev–Trinajstić information content (AvgIpc) is 3.22. The number of aromatic nitrogens is 5. The number of nitrogens with zero attached hydrogens (tertiary/aromatic N) is 6. The van der Waals surface area contributed by atoms with Crippen LogP contribution < -0.4 is 0 Å². The molecule has 0 radical (unpaired) electrons. The summed E-state index contributed by atoms with van der Waals surface area (Å²) in [5.41, 5.74) is 3.25. The minimum Gasteiger partial charge on any atom is -0.383 e. The molecule has 0 saturated heterocycles. The van der Waals surface area contributed by atoms with Crippen molar-refractivity contribution < 1.29 is 9.53 Å². The van der Waals surface area contributed by atoms with E-state index in [2.05, 4.69) is 29.0 Å². The number of rotatable bonds is 7. The fraction of sp³-hybridized carbons (Fsp3) is 0.667. The topological polar surface area (TPSA) is 78.1 Å². The van der Waals surface area contributed by atoms with Gasteiger partial charge in [0.05, 0.1) is 24.8 Å². The van der Waals surface area contributed by atoms with E-state index >= 15 is 0 Å². The van der Waals surface area contributed by atoms with Crippen molar-refractivity contribution in [1.82, 2.24) is 29.4 Å². The lowest BCUT2D eigenvalue weighted by Gasteiger charge is -2.29. The first-order valence-corrected chi connectivity index (χ1v) is 9.22. The Balaban J connectivity index is 1.77. The van der Waals surface area contributed by atoms with Gasteiger partial charge in [0.25, 0.3) is 0 Å². The third kappa shape index (κ3) is 3.65. The first kappa shape index (κ1) is 18.6. The van der Waals surface area contributed by atoms with Crippen LogP contribution in [0.4, 0.5) is 0 Å². The summed E-state index contributed by atoms with van der Waals surface area (Å²) < 4.78 is 9.08. The summed E-state index contributed by atoms with van der Waals surface area (Å²) in [6.07, 6.45) is 3.17. The summed E-state index contributed by atoms with van der Waals surface area (Å²) >= 11 is 0. The maximum atomic E-state index is 13.2. The van der Waals surface area contributed by atoms with Crippen molar-refractivity contribution in [2.45, 2.75) is 53.2 Å². The third-order valence-corrected chi connectivity index (χ3v) is 5.21. The van der Waals surface area contributed by atoms with E-state index in [-0.39, 0.29) is 11.8 Å². The molecule has 142 valence electrons. The Morgan fingerprint density at radius 2 is 2.23 bits per heavy atom. The SMILES string of the molecule is CCn1nc(C)c(CN(CCOC)C(=O)C2CCc3ncnn3C2)c1C. The van der Waals surface area contributed by atoms with E-state index in [1.807, 2.05) is 21.2 Å². The molecule has 0 N–H and O–H groups in total. The monoisotopic (exact) mass is 360 g/mol. The summed E-state index contributed by atoms with van der Waals surface area (Å²) in [4.78, 5) is 19.4. The second-order valence-corrected chi connectivity index (χ2v) is 6.81. The van der Waals surface area contributed by atoms with Gasteiger partial charge in [0.1, 0.15) is 12.2 Å². The first-order valence-electron chi connectivity index (χ1n) is 9.22. The number of methoxy groups -OCH3 is 1. The van der Waals surface area contributed by atoms with Gasteiger partial charge in [-0.25, -0.2) is 9.67 Å². The maximum absolute atomic E-state index is 13.2. The van der Waals surface area contributed by atoms with Crippen LogP contribution in [0.15, 0.2) is 6.33 Å². The molecule has 3 heterocycles. The van der Waals surface area contributed by atoms with Crippen LogP contribution in [0.25, 0.3) is 0 Å². The maximum Gasteiger partial charge on any atom is 0.227 e. The Labute approximate surface area is 154 Å². The summed E-state index contributed by atoms with van der Waals surface area (Å²) in [6.45, 7) is 9.25. The number of ether oxygens (including phenoxy) is 1. The molecule has 8 nitrogen and oxygen atoms in total. The Bertz CT molecular complexity index is 766. The molecule has 1 aliphatic heterocycles. The highest BCUT2D eigenvalue weighted by Gasteiger charge is 2.30. The molecule has 1 unspecified atom stereocenters. The van der Waals surface area contributed by atoms with E-state index in [9.17, 15) is 4.79 Å². The fourth-order valence-corrected chi connectivity index (χ4v) is 3.63. The molecule has 0 fully saturated rings. The van der Waals surface area contributed by atoms with Crippen molar-refractivity contribution in [3.05, 3.63) is 29.1 Å². The number of aryl methyl sites for hydroxylation is 3. The zero-order chi connectivity index (χ0) is 18.7. The zero-order valence-electron chi connectivity index (χ0n) is 16.1. The summed E-state index contributed by atoms with van der Waals surface area (Å²) in [7, 11) is 1.66. The second-order valence-electron chi connectivity index (χ2n) is 6.81. The largest absolute Gasteiger partial charge is 0.383 e. The highest BCUT2D eigenvalue weighted by Crippen LogP contribution is 2.22. The highest BCUT2D eigenvalue weighted by atomic mass is 16.5. The molecule has 0 aromatic carbocycles. The van der Waals surface area contributed by atoms with Crippen LogP contribution in [-0.2, 0) is 35.6 Å². The number of carbonyl (C=O) groups excluding carboxylic acids is 1. The van der Waals surface area contributed by atoms with Crippen molar-refractivity contribution >= 4 is 5.91 Å². The Kier molecular flexibility index (Phi) is 5.70. The van der Waals surface area contributed by atoms with Crippen molar-refractivity contribution in [1.29, 1.82) is 0 Å². The van der Waals surface area contributed by atoms with Crippen molar-refractivity contribution in [3.8, 4) is 0 Å². The molecule has 0 aliphatic carbocycles. The Morgan fingerprint density at radius 3 is 2.92 bits per heavy atom. The quantitative estimate of drug-likeness (QED) is 0.745. The van der Waals surface area contributed by atoms with Gasteiger partial charge in [-0.05, 0) is 27.2 Å². The smallest absolute Gasteiger partial charge is 0.227 e. The van der Waals surface area contributed by atoms with Gasteiger partial charge in [-0.3, -0.25) is 9.48 Å². The zero-order valence-corrected chi connectivity index (χ0v) is 16.1. The molecule has 2 aromatic heterocycles. The van der Waals surface area contributed by atoms with E-state index in [4.69, 9.17) is 4.74 Å². The number of hydrogen-bond acceptors (Lipinski definition) is 5. The van der Waals surface area contributed by atoms with E-state index < -0.39 is 0 Å². The lowest BCUT2D eigenvalue weighted by molar-refractivity contribution is -0.138. The lowest BCUT2D eigenvalue weighted by atomic mass is 9.97. The molecule has 1 amide bonds. The van der Waals surface area contributed by atoms with Crippen molar-refractivity contribution in [3.63, 3.8) is 0 Å². The molecule has 0 spiro atoms. The number of hydrogen-bond donors (Lipinski definition) is 0. The first-order chi connectivity index (χ1) is 12.5. The number of carbonyl (C=O) groups is 1. The van der Waals surface area contributed by atoms with Gasteiger partial charge >= 0.3 is 0 Å². The van der Waals surface area contributed by atoms with E-state index in [0.717, 1.165) is 42.2 Å². The molecular formula is C18H28N6O2. The molecule has 3 rings (SSSR count). The molecule has 0 saturated carbocycles. The predicted octanol–water partition coefficient (Wildman–Crippen LogP) is 1.35. The van der Waals surface area contributed by atoms with Crippen molar-refractivity contribution in [2.24, 2.45) is 5.92 Å². The third-order valence-electron chi connectivity index (χ3n) is 5.21. The van der Waals surface area contributed by atoms with Crippen LogP contribution in [0.2, 0.25) is 0 Å². The highest BCUT2D eigenvalue weighted by molar-refractivity contribution is 5.79. The normalized spacial score (nSPS) is 16.5. The van der Waals surface area contributed by atoms with Crippen molar-refractivity contribution in [2.75, 3.05) is 20.3 Å². The van der Waals surface area contributed by atoms with Gasteiger partial charge in [0, 0.05) is 44.4 Å². The van der Waals surface area contributed by atoms with Crippen LogP contribution >= 0.6 is 0 Å². The van der Waals surface area contributed by atoms with Gasteiger partial charge in [0.15, 0.2) is 0 Å². The van der Waals surface area contributed by atoms with E-state index in [1.54, 1.807) is 13.4 Å². The molecule has 0 bridgehead atoms. The summed E-state index contributed by atoms with van der Waals surface area (Å²) in [5.74, 6) is 1.06. The van der Waals surface area contributed by atoms with Crippen LogP contribution in [0.1, 0.15) is 36.1 Å². The van der Waals surface area contributed by atoms with Crippen LogP contribution in [0.3, 0.4) is 0 Å². The van der Waals surface area contributed by atoms with Gasteiger partial charge in [0.2, 0.25) is 5.91 Å². The second kappa shape index (κ2) is 7.99. The Hall–Kier alpha value is -2.22. The van der Waals surface area contributed by atoms with Gasteiger partial charge < -0.3 is 9.64 Å². The fourth-order valence-electron chi connectivity index (χ4n) is 3.63.